The molecule has 1 aliphatic heterocycles. The van der Waals surface area contributed by atoms with Gasteiger partial charge in [-0.2, -0.15) is 0 Å². The van der Waals surface area contributed by atoms with Gasteiger partial charge in [0.05, 0.1) is 28.4 Å². The molecule has 34 heavy (non-hydrogen) atoms. The quantitative estimate of drug-likeness (QED) is 0.389. The molecule has 2 heterocycles. The number of carbonyl (C=O) groups excluding carboxylic acids is 1. The number of hydrogen-bond donors (Lipinski definition) is 2. The Morgan fingerprint density at radius 3 is 2.47 bits per heavy atom. The molecular weight excluding hydrogens is 424 g/mol. The molecule has 0 spiro atoms. The molecule has 0 amide bonds. The van der Waals surface area contributed by atoms with Crippen molar-refractivity contribution in [1.82, 2.24) is 0 Å². The zero-order chi connectivity index (χ0) is 23.2. The largest absolute Gasteiger partial charge is 0.464 e. The summed E-state index contributed by atoms with van der Waals surface area (Å²) in [5.41, 5.74) is 6.19. The highest BCUT2D eigenvalue weighted by molar-refractivity contribution is 6.01. The lowest BCUT2D eigenvalue weighted by Gasteiger charge is -2.29. The number of anilines is 2. The maximum absolute atomic E-state index is 13.7. The van der Waals surface area contributed by atoms with Crippen molar-refractivity contribution in [1.29, 1.82) is 0 Å². The lowest BCUT2D eigenvalue weighted by atomic mass is 9.78. The Morgan fingerprint density at radius 2 is 1.65 bits per heavy atom. The van der Waals surface area contributed by atoms with E-state index in [1.807, 2.05) is 67.6 Å². The van der Waals surface area contributed by atoms with E-state index < -0.39 is 6.04 Å². The minimum Gasteiger partial charge on any atom is -0.464 e. The molecule has 0 radical (unpaired) electrons. The van der Waals surface area contributed by atoms with Crippen molar-refractivity contribution in [2.75, 3.05) is 10.6 Å². The summed E-state index contributed by atoms with van der Waals surface area (Å²) in [7, 11) is 0. The van der Waals surface area contributed by atoms with Crippen molar-refractivity contribution in [3.05, 3.63) is 117 Å². The van der Waals surface area contributed by atoms with Crippen LogP contribution < -0.4 is 16.1 Å². The van der Waals surface area contributed by atoms with Crippen LogP contribution in [0.15, 0.2) is 99.5 Å². The number of aryl methyl sites for hydroxylation is 1. The Balaban J connectivity index is 1.53. The number of benzene rings is 3. The summed E-state index contributed by atoms with van der Waals surface area (Å²) in [5.74, 6) is 0.123. The SMILES string of the molecule is Cc1ccc2occ([C@@H]3Nc4ccccc4NC4=C3C(=O)C[C@@H](c3ccccc3)C4)c(=O)c2c1. The minimum absolute atomic E-state index is 0.0386. The molecule has 3 aromatic carbocycles. The molecule has 0 bridgehead atoms. The van der Waals surface area contributed by atoms with E-state index in [1.165, 1.54) is 6.26 Å². The molecule has 2 aliphatic rings. The number of carbonyl (C=O) groups is 1. The highest BCUT2D eigenvalue weighted by Gasteiger charge is 2.37. The Kier molecular flexibility index (Phi) is 4.84. The first-order valence-corrected chi connectivity index (χ1v) is 11.5. The topological polar surface area (TPSA) is 71.3 Å². The van der Waals surface area contributed by atoms with Crippen LogP contribution in [0.4, 0.5) is 11.4 Å². The van der Waals surface area contributed by atoms with Crippen molar-refractivity contribution < 1.29 is 9.21 Å². The van der Waals surface area contributed by atoms with Gasteiger partial charge in [0, 0.05) is 17.7 Å². The van der Waals surface area contributed by atoms with Gasteiger partial charge in [-0.25, -0.2) is 0 Å². The standard InChI is InChI=1S/C29H24N2O3/c1-17-11-12-26-20(13-17)29(33)21(16-34-26)28-27-24(30-22-9-5-6-10-23(22)31-28)14-19(15-25(27)32)18-7-3-2-4-8-18/h2-13,16,19,28,30-31H,14-15H2,1H3/t19-,28-/m0/s1. The van der Waals surface area contributed by atoms with Gasteiger partial charge in [0.2, 0.25) is 0 Å². The fourth-order valence-corrected chi connectivity index (χ4v) is 5.15. The smallest absolute Gasteiger partial charge is 0.198 e. The van der Waals surface area contributed by atoms with Gasteiger partial charge >= 0.3 is 0 Å². The summed E-state index contributed by atoms with van der Waals surface area (Å²) < 4.78 is 5.87. The van der Waals surface area contributed by atoms with Gasteiger partial charge in [-0.1, -0.05) is 54.1 Å². The molecule has 1 aliphatic carbocycles. The van der Waals surface area contributed by atoms with Gasteiger partial charge in [0.1, 0.15) is 11.8 Å². The number of Topliss-reactive ketones (excluding diaryl/α,β-unsaturated/α-hetero) is 1. The normalized spacial score (nSPS) is 19.6. The van der Waals surface area contributed by atoms with Crippen LogP contribution in [0.5, 0.6) is 0 Å². The fourth-order valence-electron chi connectivity index (χ4n) is 5.15. The summed E-state index contributed by atoms with van der Waals surface area (Å²) >= 11 is 0. The highest BCUT2D eigenvalue weighted by Crippen LogP contribution is 2.43. The molecular formula is C29H24N2O3. The Bertz CT molecular complexity index is 1520. The van der Waals surface area contributed by atoms with E-state index in [2.05, 4.69) is 22.8 Å². The van der Waals surface area contributed by atoms with E-state index >= 15 is 0 Å². The van der Waals surface area contributed by atoms with E-state index in [9.17, 15) is 9.59 Å². The summed E-state index contributed by atoms with van der Waals surface area (Å²) in [5, 5.41) is 7.52. The van der Waals surface area contributed by atoms with E-state index in [1.54, 1.807) is 0 Å². The van der Waals surface area contributed by atoms with Gasteiger partial charge in [-0.05, 0) is 49.1 Å². The number of nitrogens with one attached hydrogen (secondary N) is 2. The zero-order valence-electron chi connectivity index (χ0n) is 18.8. The summed E-state index contributed by atoms with van der Waals surface area (Å²) in [6, 6.07) is 23.0. The molecule has 2 atom stereocenters. The van der Waals surface area contributed by atoms with Crippen LogP contribution in [0.1, 0.15) is 41.5 Å². The summed E-state index contributed by atoms with van der Waals surface area (Å²) in [4.78, 5) is 27.3. The first-order valence-electron chi connectivity index (χ1n) is 11.5. The van der Waals surface area contributed by atoms with Gasteiger partial charge in [0.25, 0.3) is 0 Å². The second-order valence-corrected chi connectivity index (χ2v) is 9.10. The van der Waals surface area contributed by atoms with Crippen LogP contribution in [-0.2, 0) is 4.79 Å². The van der Waals surface area contributed by atoms with Gasteiger partial charge in [-0.3, -0.25) is 9.59 Å². The predicted molar refractivity (Wildman–Crippen MR) is 134 cm³/mol. The molecule has 168 valence electrons. The number of fused-ring (bicyclic) bond motifs is 2. The number of ketones is 1. The second kappa shape index (κ2) is 8.03. The molecule has 2 N–H and O–H groups in total. The highest BCUT2D eigenvalue weighted by atomic mass is 16.3. The molecule has 5 heteroatoms. The fraction of sp³-hybridized carbons (Fsp3) is 0.172. The van der Waals surface area contributed by atoms with E-state index in [-0.39, 0.29) is 17.1 Å². The number of rotatable bonds is 2. The van der Waals surface area contributed by atoms with Gasteiger partial charge in [-0.15, -0.1) is 0 Å². The maximum Gasteiger partial charge on any atom is 0.198 e. The van der Waals surface area contributed by atoms with Crippen LogP contribution in [0, 0.1) is 6.92 Å². The van der Waals surface area contributed by atoms with Crippen LogP contribution in [0.3, 0.4) is 0 Å². The second-order valence-electron chi connectivity index (χ2n) is 9.10. The lowest BCUT2D eigenvalue weighted by Crippen LogP contribution is -2.29. The molecule has 1 aromatic heterocycles. The number of allylic oxidation sites excluding steroid dienone is 1. The molecule has 0 saturated carbocycles. The van der Waals surface area contributed by atoms with E-state index in [0.29, 0.717) is 34.9 Å². The minimum atomic E-state index is -0.600. The Morgan fingerprint density at radius 1 is 0.882 bits per heavy atom. The molecule has 6 rings (SSSR count). The van der Waals surface area contributed by atoms with Crippen molar-refractivity contribution in [3.8, 4) is 0 Å². The van der Waals surface area contributed by atoms with Gasteiger partial charge in [0.15, 0.2) is 11.2 Å². The van der Waals surface area contributed by atoms with E-state index in [0.717, 1.165) is 28.2 Å². The zero-order valence-corrected chi connectivity index (χ0v) is 18.8. The van der Waals surface area contributed by atoms with Crippen molar-refractivity contribution in [3.63, 3.8) is 0 Å². The van der Waals surface area contributed by atoms with Crippen LogP contribution in [-0.4, -0.2) is 5.78 Å². The maximum atomic E-state index is 13.7. The molecule has 0 fully saturated rings. The Hall–Kier alpha value is -4.12. The third-order valence-corrected chi connectivity index (χ3v) is 6.85. The number of para-hydroxylation sites is 2. The molecule has 0 unspecified atom stereocenters. The third kappa shape index (κ3) is 3.41. The summed E-state index contributed by atoms with van der Waals surface area (Å²) in [6.07, 6.45) is 2.60. The van der Waals surface area contributed by atoms with Crippen molar-refractivity contribution in [2.45, 2.75) is 31.7 Å². The van der Waals surface area contributed by atoms with Crippen LogP contribution >= 0.6 is 0 Å². The predicted octanol–water partition coefficient (Wildman–Crippen LogP) is 6.08. The summed E-state index contributed by atoms with van der Waals surface area (Å²) in [6.45, 7) is 1.95. The Labute approximate surface area is 197 Å². The first kappa shape index (κ1) is 20.5. The third-order valence-electron chi connectivity index (χ3n) is 6.85. The average Bonchev–Trinajstić information content (AvgIpc) is 3.02. The monoisotopic (exact) mass is 448 g/mol. The van der Waals surface area contributed by atoms with Gasteiger partial charge < -0.3 is 15.1 Å². The average molecular weight is 449 g/mol. The van der Waals surface area contributed by atoms with Crippen LogP contribution in [0.25, 0.3) is 11.0 Å². The molecule has 0 saturated heterocycles. The number of hydrogen-bond acceptors (Lipinski definition) is 5. The molecule has 4 aromatic rings. The lowest BCUT2D eigenvalue weighted by molar-refractivity contribution is -0.116. The first-order chi connectivity index (χ1) is 16.6. The van der Waals surface area contributed by atoms with E-state index in [4.69, 9.17) is 4.42 Å². The van der Waals surface area contributed by atoms with Crippen molar-refractivity contribution in [2.24, 2.45) is 0 Å². The van der Waals surface area contributed by atoms with Crippen molar-refractivity contribution >= 4 is 28.1 Å². The molecule has 5 nitrogen and oxygen atoms in total. The van der Waals surface area contributed by atoms with Crippen LogP contribution in [0.2, 0.25) is 0 Å².